The van der Waals surface area contributed by atoms with Crippen LogP contribution < -0.4 is 9.47 Å². The van der Waals surface area contributed by atoms with Crippen molar-refractivity contribution in [2.75, 3.05) is 6.61 Å². The lowest BCUT2D eigenvalue weighted by Crippen LogP contribution is -2.40. The van der Waals surface area contributed by atoms with Crippen LogP contribution in [-0.4, -0.2) is 24.9 Å². The fourth-order valence-corrected chi connectivity index (χ4v) is 3.13. The number of benzene rings is 2. The lowest BCUT2D eigenvalue weighted by Gasteiger charge is -2.28. The van der Waals surface area contributed by atoms with Gasteiger partial charge in [-0.3, -0.25) is 0 Å². The molecule has 2 aromatic carbocycles. The molecule has 0 saturated heterocycles. The van der Waals surface area contributed by atoms with Gasteiger partial charge in [0, 0.05) is 17.7 Å². The molecule has 0 bridgehead atoms. The highest BCUT2D eigenvalue weighted by Gasteiger charge is 2.49. The van der Waals surface area contributed by atoms with Crippen LogP contribution in [0, 0.1) is 11.6 Å². The molecule has 4 nitrogen and oxygen atoms in total. The Bertz CT molecular complexity index is 1040. The minimum atomic E-state index is -4.92. The molecule has 0 amide bonds. The van der Waals surface area contributed by atoms with E-state index in [4.69, 9.17) is 21.1 Å². The molecule has 1 heterocycles. The largest absolute Gasteiger partial charge is 0.475 e. The van der Waals surface area contributed by atoms with Crippen molar-refractivity contribution in [1.82, 2.24) is 0 Å². The van der Waals surface area contributed by atoms with E-state index >= 15 is 0 Å². The van der Waals surface area contributed by atoms with Crippen molar-refractivity contribution in [2.24, 2.45) is 0 Å². The van der Waals surface area contributed by atoms with Crippen LogP contribution in [0.2, 0.25) is 5.02 Å². The highest BCUT2D eigenvalue weighted by molar-refractivity contribution is 9.10. The van der Waals surface area contributed by atoms with Gasteiger partial charge in [0.25, 0.3) is 0 Å². The fourth-order valence-electron chi connectivity index (χ4n) is 2.60. The molecule has 0 radical (unpaired) electrons. The molecule has 0 fully saturated rings. The maximum absolute atomic E-state index is 14.0. The van der Waals surface area contributed by atoms with Gasteiger partial charge in [0.15, 0.2) is 11.6 Å². The summed E-state index contributed by atoms with van der Waals surface area (Å²) in [7, 11) is 0. The van der Waals surface area contributed by atoms with E-state index in [1.54, 1.807) is 0 Å². The molecule has 11 heteroatoms. The van der Waals surface area contributed by atoms with Gasteiger partial charge in [0.1, 0.15) is 17.3 Å². The molecule has 3 rings (SSSR count). The molecular formula is C19H11BrClF5O4. The molecular weight excluding hydrogens is 503 g/mol. The minimum absolute atomic E-state index is 0.0540. The monoisotopic (exact) mass is 512 g/mol. The Morgan fingerprint density at radius 3 is 2.50 bits per heavy atom. The Morgan fingerprint density at radius 1 is 1.17 bits per heavy atom. The Balaban J connectivity index is 2.03. The number of carbonyl (C=O) groups is 1. The van der Waals surface area contributed by atoms with Gasteiger partial charge in [-0.05, 0) is 41.1 Å². The maximum Gasteiger partial charge on any atom is 0.430 e. The second kappa shape index (κ2) is 8.43. The fraction of sp³-hybridized carbons (Fsp3) is 0.211. The van der Waals surface area contributed by atoms with Crippen LogP contribution in [0.1, 0.15) is 12.5 Å². The number of ether oxygens (including phenoxy) is 3. The molecule has 1 aliphatic heterocycles. The molecule has 1 unspecified atom stereocenters. The molecule has 0 saturated carbocycles. The van der Waals surface area contributed by atoms with Gasteiger partial charge in [-0.1, -0.05) is 11.6 Å². The molecule has 0 spiro atoms. The summed E-state index contributed by atoms with van der Waals surface area (Å²) >= 11 is 8.89. The molecule has 2 aromatic rings. The zero-order valence-electron chi connectivity index (χ0n) is 14.9. The van der Waals surface area contributed by atoms with Gasteiger partial charge in [0.05, 0.1) is 21.7 Å². The predicted octanol–water partition coefficient (Wildman–Crippen LogP) is 6.44. The first-order valence-electron chi connectivity index (χ1n) is 8.29. The predicted molar refractivity (Wildman–Crippen MR) is 101 cm³/mol. The summed E-state index contributed by atoms with van der Waals surface area (Å²) in [4.78, 5) is 11.9. The molecule has 1 aliphatic rings. The highest BCUT2D eigenvalue weighted by Crippen LogP contribution is 2.43. The first-order chi connectivity index (χ1) is 14.0. The number of esters is 1. The number of halogens is 7. The van der Waals surface area contributed by atoms with Crippen LogP contribution in [-0.2, 0) is 9.53 Å². The van der Waals surface area contributed by atoms with Crippen molar-refractivity contribution in [3.05, 3.63) is 56.5 Å². The first-order valence-corrected chi connectivity index (χ1v) is 9.46. The smallest absolute Gasteiger partial charge is 0.430 e. The summed E-state index contributed by atoms with van der Waals surface area (Å²) in [5.74, 6) is -4.07. The molecule has 0 aromatic heterocycles. The highest BCUT2D eigenvalue weighted by atomic mass is 79.9. The van der Waals surface area contributed by atoms with E-state index in [2.05, 4.69) is 20.7 Å². The van der Waals surface area contributed by atoms with Gasteiger partial charge < -0.3 is 14.2 Å². The lowest BCUT2D eigenvalue weighted by molar-refractivity contribution is -0.187. The zero-order valence-corrected chi connectivity index (χ0v) is 17.3. The van der Waals surface area contributed by atoms with Crippen molar-refractivity contribution >= 4 is 39.6 Å². The summed E-state index contributed by atoms with van der Waals surface area (Å²) in [6, 6.07) is 3.73. The van der Waals surface area contributed by atoms with E-state index in [-0.39, 0.29) is 33.2 Å². The third-order valence-electron chi connectivity index (χ3n) is 3.91. The number of hydrogen-bond acceptors (Lipinski definition) is 4. The van der Waals surface area contributed by atoms with Crippen LogP contribution in [0.25, 0.3) is 6.08 Å². The molecule has 30 heavy (non-hydrogen) atoms. The van der Waals surface area contributed by atoms with Crippen LogP contribution in [0.15, 0.2) is 34.3 Å². The average Bonchev–Trinajstić information content (AvgIpc) is 2.65. The van der Waals surface area contributed by atoms with Gasteiger partial charge in [-0.15, -0.1) is 0 Å². The van der Waals surface area contributed by atoms with Crippen molar-refractivity contribution in [2.45, 2.75) is 19.2 Å². The lowest BCUT2D eigenvalue weighted by atomic mass is 10.0. The number of rotatable bonds is 4. The van der Waals surface area contributed by atoms with Gasteiger partial charge in [0.2, 0.25) is 6.10 Å². The van der Waals surface area contributed by atoms with Gasteiger partial charge in [-0.25, -0.2) is 13.6 Å². The molecule has 160 valence electrons. The van der Waals surface area contributed by atoms with Gasteiger partial charge >= 0.3 is 12.1 Å². The molecule has 1 atom stereocenters. The van der Waals surface area contributed by atoms with E-state index in [9.17, 15) is 26.7 Å². The summed E-state index contributed by atoms with van der Waals surface area (Å²) in [6.07, 6.45) is -6.55. The summed E-state index contributed by atoms with van der Waals surface area (Å²) < 4.78 is 82.7. The van der Waals surface area contributed by atoms with E-state index < -0.39 is 41.2 Å². The van der Waals surface area contributed by atoms with E-state index in [1.807, 2.05) is 0 Å². The van der Waals surface area contributed by atoms with Crippen LogP contribution in [0.5, 0.6) is 17.2 Å². The van der Waals surface area contributed by atoms with E-state index in [1.165, 1.54) is 13.0 Å². The molecule has 0 N–H and O–H groups in total. The second-order valence-corrected chi connectivity index (χ2v) is 7.24. The Labute approximate surface area is 180 Å². The minimum Gasteiger partial charge on any atom is -0.475 e. The zero-order chi connectivity index (χ0) is 22.2. The summed E-state index contributed by atoms with van der Waals surface area (Å²) in [5.41, 5.74) is -0.694. The topological polar surface area (TPSA) is 44.8 Å². The van der Waals surface area contributed by atoms with E-state index in [0.29, 0.717) is 0 Å². The standard InChI is InChI=1S/C19H11BrClF5O4/c1-2-28-18(27)9-3-8-4-11(21)15(7-14(8)30-17(9)19(24,25)26)29-16-6-12(22)10(20)5-13(16)23/h3-7,17H,2H2,1H3. The third kappa shape index (κ3) is 4.54. The third-order valence-corrected chi connectivity index (χ3v) is 4.81. The Hall–Kier alpha value is -2.33. The maximum atomic E-state index is 14.0. The average molecular weight is 514 g/mol. The SMILES string of the molecule is CCOC(=O)C1=Cc2cc(Cl)c(Oc3cc(F)c(Br)cc3F)cc2OC1C(F)(F)F. The number of carbonyl (C=O) groups excluding carboxylic acids is 1. The Kier molecular flexibility index (Phi) is 6.28. The van der Waals surface area contributed by atoms with Gasteiger partial charge in [-0.2, -0.15) is 13.2 Å². The number of fused-ring (bicyclic) bond motifs is 1. The van der Waals surface area contributed by atoms with Crippen LogP contribution in [0.4, 0.5) is 22.0 Å². The second-order valence-electron chi connectivity index (χ2n) is 5.98. The normalized spacial score (nSPS) is 15.7. The van der Waals surface area contributed by atoms with Crippen LogP contribution in [0.3, 0.4) is 0 Å². The summed E-state index contributed by atoms with van der Waals surface area (Å²) in [5, 5.41) is -0.134. The van der Waals surface area contributed by atoms with Crippen molar-refractivity contribution < 1.29 is 41.0 Å². The molecule has 0 aliphatic carbocycles. The van der Waals surface area contributed by atoms with Crippen molar-refractivity contribution in [1.29, 1.82) is 0 Å². The van der Waals surface area contributed by atoms with Crippen molar-refractivity contribution in [3.8, 4) is 17.2 Å². The Morgan fingerprint density at radius 2 is 1.87 bits per heavy atom. The van der Waals surface area contributed by atoms with Crippen LogP contribution >= 0.6 is 27.5 Å². The summed E-state index contributed by atoms with van der Waals surface area (Å²) in [6.45, 7) is 1.32. The van der Waals surface area contributed by atoms with Crippen molar-refractivity contribution in [3.63, 3.8) is 0 Å². The first kappa shape index (κ1) is 22.4. The quantitative estimate of drug-likeness (QED) is 0.268. The van der Waals surface area contributed by atoms with E-state index in [0.717, 1.165) is 24.3 Å². The number of alkyl halides is 3. The number of hydrogen-bond donors (Lipinski definition) is 0.